The summed E-state index contributed by atoms with van der Waals surface area (Å²) in [6.45, 7) is 1.43. The lowest BCUT2D eigenvalue weighted by molar-refractivity contribution is 0.0904. The number of H-pyrrole nitrogens is 1. The quantitative estimate of drug-likeness (QED) is 0.712. The van der Waals surface area contributed by atoms with Gasteiger partial charge in [-0.2, -0.15) is 0 Å². The molecule has 5 heteroatoms. The molecule has 0 unspecified atom stereocenters. The molecule has 0 spiro atoms. The standard InChI is InChI=1S/C15H13N3O2/c1-9-3-2-4-12(16-9)15-17-11-6-5-10(14(20)8-19)7-13(11)18-15/h2-7,19H,8H2,1H3,(H,17,18). The second-order valence-electron chi connectivity index (χ2n) is 4.56. The number of aryl methyl sites for hydroxylation is 1. The topological polar surface area (TPSA) is 78.9 Å². The Hall–Kier alpha value is -2.53. The van der Waals surface area contributed by atoms with Crippen LogP contribution in [0.2, 0.25) is 0 Å². The monoisotopic (exact) mass is 267 g/mol. The molecule has 0 saturated carbocycles. The Morgan fingerprint density at radius 2 is 2.10 bits per heavy atom. The molecule has 0 saturated heterocycles. The molecular formula is C15H13N3O2. The number of carbonyl (C=O) groups excluding carboxylic acids is 1. The molecule has 0 atom stereocenters. The number of pyridine rings is 1. The van der Waals surface area contributed by atoms with E-state index < -0.39 is 6.61 Å². The van der Waals surface area contributed by atoms with Crippen LogP contribution in [0.25, 0.3) is 22.6 Å². The number of aliphatic hydroxyl groups excluding tert-OH is 1. The molecular weight excluding hydrogens is 254 g/mol. The summed E-state index contributed by atoms with van der Waals surface area (Å²) in [6, 6.07) is 10.8. The molecule has 3 aromatic rings. The zero-order valence-electron chi connectivity index (χ0n) is 10.9. The predicted molar refractivity (Wildman–Crippen MR) is 75.5 cm³/mol. The number of Topliss-reactive ketones (excluding diaryl/α,β-unsaturated/α-hetero) is 1. The van der Waals surface area contributed by atoms with Crippen LogP contribution in [-0.2, 0) is 0 Å². The fraction of sp³-hybridized carbons (Fsp3) is 0.133. The lowest BCUT2D eigenvalue weighted by Crippen LogP contribution is -2.03. The van der Waals surface area contributed by atoms with E-state index in [1.165, 1.54) is 0 Å². The van der Waals surface area contributed by atoms with Gasteiger partial charge in [-0.25, -0.2) is 9.97 Å². The van der Waals surface area contributed by atoms with E-state index in [0.717, 1.165) is 22.4 Å². The van der Waals surface area contributed by atoms with Crippen LogP contribution < -0.4 is 0 Å². The molecule has 0 aliphatic carbocycles. The van der Waals surface area contributed by atoms with Crippen molar-refractivity contribution in [1.29, 1.82) is 0 Å². The Kier molecular flexibility index (Phi) is 3.04. The number of aromatic amines is 1. The van der Waals surface area contributed by atoms with Crippen LogP contribution >= 0.6 is 0 Å². The number of hydrogen-bond donors (Lipinski definition) is 2. The molecule has 2 N–H and O–H groups in total. The van der Waals surface area contributed by atoms with Crippen molar-refractivity contribution in [3.63, 3.8) is 0 Å². The summed E-state index contributed by atoms with van der Waals surface area (Å²) in [5, 5.41) is 8.89. The average Bonchev–Trinajstić information content (AvgIpc) is 2.89. The zero-order chi connectivity index (χ0) is 14.1. The van der Waals surface area contributed by atoms with Crippen molar-refractivity contribution >= 4 is 16.8 Å². The number of carbonyl (C=O) groups is 1. The number of ketones is 1. The summed E-state index contributed by atoms with van der Waals surface area (Å²) in [5.74, 6) is 0.356. The number of hydrogen-bond acceptors (Lipinski definition) is 4. The van der Waals surface area contributed by atoms with Crippen LogP contribution in [0.15, 0.2) is 36.4 Å². The molecule has 2 aromatic heterocycles. The van der Waals surface area contributed by atoms with Gasteiger partial charge in [0.05, 0.1) is 11.0 Å². The van der Waals surface area contributed by atoms with Gasteiger partial charge in [0.2, 0.25) is 0 Å². The lowest BCUT2D eigenvalue weighted by atomic mass is 10.1. The molecule has 1 aromatic carbocycles. The second-order valence-corrected chi connectivity index (χ2v) is 4.56. The highest BCUT2D eigenvalue weighted by atomic mass is 16.3. The first-order valence-electron chi connectivity index (χ1n) is 6.25. The Balaban J connectivity index is 2.09. The Morgan fingerprint density at radius 3 is 2.85 bits per heavy atom. The second kappa shape index (κ2) is 4.86. The molecule has 3 rings (SSSR count). The first-order chi connectivity index (χ1) is 9.67. The summed E-state index contributed by atoms with van der Waals surface area (Å²) >= 11 is 0. The van der Waals surface area contributed by atoms with Gasteiger partial charge in [0.15, 0.2) is 11.6 Å². The summed E-state index contributed by atoms with van der Waals surface area (Å²) in [6.07, 6.45) is 0. The number of aliphatic hydroxyl groups is 1. The number of nitrogens with one attached hydrogen (secondary N) is 1. The molecule has 2 heterocycles. The van der Waals surface area contributed by atoms with Crippen LogP contribution in [0.4, 0.5) is 0 Å². The smallest absolute Gasteiger partial charge is 0.188 e. The lowest BCUT2D eigenvalue weighted by Gasteiger charge is -1.96. The Bertz CT molecular complexity index is 793. The molecule has 0 aliphatic rings. The van der Waals surface area contributed by atoms with Crippen LogP contribution in [0.3, 0.4) is 0 Å². The van der Waals surface area contributed by atoms with Gasteiger partial charge in [0.25, 0.3) is 0 Å². The maximum atomic E-state index is 11.5. The highest BCUT2D eigenvalue weighted by Crippen LogP contribution is 2.20. The van der Waals surface area contributed by atoms with E-state index in [1.54, 1.807) is 18.2 Å². The summed E-state index contributed by atoms with van der Waals surface area (Å²) in [5.41, 5.74) is 3.66. The van der Waals surface area contributed by atoms with Gasteiger partial charge in [0, 0.05) is 11.3 Å². The number of nitrogens with zero attached hydrogens (tertiary/aromatic N) is 2. The minimum Gasteiger partial charge on any atom is -0.388 e. The fourth-order valence-corrected chi connectivity index (χ4v) is 2.07. The Morgan fingerprint density at radius 1 is 1.25 bits per heavy atom. The molecule has 0 radical (unpaired) electrons. The third-order valence-electron chi connectivity index (χ3n) is 3.08. The predicted octanol–water partition coefficient (Wildman–Crippen LogP) is 2.11. The van der Waals surface area contributed by atoms with Crippen molar-refractivity contribution in [2.45, 2.75) is 6.92 Å². The van der Waals surface area contributed by atoms with E-state index in [1.807, 2.05) is 25.1 Å². The van der Waals surface area contributed by atoms with Crippen molar-refractivity contribution < 1.29 is 9.90 Å². The van der Waals surface area contributed by atoms with Gasteiger partial charge >= 0.3 is 0 Å². The van der Waals surface area contributed by atoms with Gasteiger partial charge in [-0.3, -0.25) is 4.79 Å². The van der Waals surface area contributed by atoms with Gasteiger partial charge in [0.1, 0.15) is 12.3 Å². The van der Waals surface area contributed by atoms with E-state index in [-0.39, 0.29) is 5.78 Å². The first kappa shape index (κ1) is 12.5. The molecule has 100 valence electrons. The maximum absolute atomic E-state index is 11.5. The third-order valence-corrected chi connectivity index (χ3v) is 3.08. The molecule has 5 nitrogen and oxygen atoms in total. The molecule has 0 fully saturated rings. The first-order valence-corrected chi connectivity index (χ1v) is 6.25. The maximum Gasteiger partial charge on any atom is 0.188 e. The summed E-state index contributed by atoms with van der Waals surface area (Å²) in [7, 11) is 0. The van der Waals surface area contributed by atoms with E-state index in [2.05, 4.69) is 15.0 Å². The summed E-state index contributed by atoms with van der Waals surface area (Å²) in [4.78, 5) is 23.5. The fourth-order valence-electron chi connectivity index (χ4n) is 2.07. The van der Waals surface area contributed by atoms with Crippen LogP contribution in [-0.4, -0.2) is 32.4 Å². The molecule has 0 aliphatic heterocycles. The van der Waals surface area contributed by atoms with Crippen molar-refractivity contribution in [2.24, 2.45) is 0 Å². The van der Waals surface area contributed by atoms with Gasteiger partial charge in [-0.1, -0.05) is 6.07 Å². The molecule has 0 amide bonds. The molecule has 20 heavy (non-hydrogen) atoms. The van der Waals surface area contributed by atoms with Crippen LogP contribution in [0.5, 0.6) is 0 Å². The van der Waals surface area contributed by atoms with Crippen molar-refractivity contribution in [3.8, 4) is 11.5 Å². The normalized spacial score (nSPS) is 10.9. The largest absolute Gasteiger partial charge is 0.388 e. The number of benzene rings is 1. The van der Waals surface area contributed by atoms with Crippen LogP contribution in [0, 0.1) is 6.92 Å². The SMILES string of the molecule is Cc1cccc(-c2nc3ccc(C(=O)CO)cc3[nH]2)n1. The van der Waals surface area contributed by atoms with Crippen molar-refractivity contribution in [2.75, 3.05) is 6.61 Å². The van der Waals surface area contributed by atoms with E-state index in [0.29, 0.717) is 11.4 Å². The summed E-state index contributed by atoms with van der Waals surface area (Å²) < 4.78 is 0. The minimum absolute atomic E-state index is 0.309. The minimum atomic E-state index is -0.494. The zero-order valence-corrected chi connectivity index (χ0v) is 10.9. The van der Waals surface area contributed by atoms with Gasteiger partial charge in [-0.05, 0) is 37.3 Å². The number of rotatable bonds is 3. The van der Waals surface area contributed by atoms with Gasteiger partial charge < -0.3 is 10.1 Å². The Labute approximate surface area is 115 Å². The van der Waals surface area contributed by atoms with Crippen molar-refractivity contribution in [3.05, 3.63) is 47.7 Å². The third kappa shape index (κ3) is 2.19. The highest BCUT2D eigenvalue weighted by Gasteiger charge is 2.10. The van der Waals surface area contributed by atoms with E-state index in [4.69, 9.17) is 5.11 Å². The van der Waals surface area contributed by atoms with Gasteiger partial charge in [-0.15, -0.1) is 0 Å². The highest BCUT2D eigenvalue weighted by molar-refractivity contribution is 5.99. The number of imidazole rings is 1. The van der Waals surface area contributed by atoms with E-state index in [9.17, 15) is 4.79 Å². The van der Waals surface area contributed by atoms with Crippen molar-refractivity contribution in [1.82, 2.24) is 15.0 Å². The van der Waals surface area contributed by atoms with E-state index >= 15 is 0 Å². The average molecular weight is 267 g/mol. The number of aromatic nitrogens is 3. The number of fused-ring (bicyclic) bond motifs is 1. The van der Waals surface area contributed by atoms with Crippen LogP contribution in [0.1, 0.15) is 16.1 Å². The molecule has 0 bridgehead atoms.